The van der Waals surface area contributed by atoms with E-state index in [2.05, 4.69) is 22.9 Å². The van der Waals surface area contributed by atoms with Gasteiger partial charge in [0.05, 0.1) is 36.0 Å². The summed E-state index contributed by atoms with van der Waals surface area (Å²) in [7, 11) is 5.85. The van der Waals surface area contributed by atoms with E-state index in [0.29, 0.717) is 24.5 Å². The summed E-state index contributed by atoms with van der Waals surface area (Å²) in [5.74, 6) is 0.382. The van der Waals surface area contributed by atoms with E-state index in [4.69, 9.17) is 9.47 Å². The standard InChI is InChI=1S/C27H33N5O4/c1-5-27(34)36-18-6-17-35-24-14-12-23(13-15-24)32(4)30-25-16-9-21(19-26(25)33)29-28-20-7-10-22(11-8-20)31(2)3/h5,7-16,19,28-30,33H,1,6,17-18H2,2-4H3. The molecule has 0 aliphatic carbocycles. The average Bonchev–Trinajstić information content (AvgIpc) is 2.89. The van der Waals surface area contributed by atoms with E-state index in [1.807, 2.05) is 80.6 Å². The lowest BCUT2D eigenvalue weighted by atomic mass is 10.2. The molecule has 9 heteroatoms. The molecule has 3 rings (SSSR count). The lowest BCUT2D eigenvalue weighted by molar-refractivity contribution is -0.137. The molecular formula is C27H33N5O4. The molecule has 0 radical (unpaired) electrons. The molecule has 0 aromatic heterocycles. The third-order valence-corrected chi connectivity index (χ3v) is 5.21. The van der Waals surface area contributed by atoms with Crippen molar-refractivity contribution in [2.24, 2.45) is 0 Å². The number of esters is 1. The number of anilines is 5. The van der Waals surface area contributed by atoms with Crippen LogP contribution in [-0.2, 0) is 9.53 Å². The van der Waals surface area contributed by atoms with Gasteiger partial charge in [-0.05, 0) is 60.7 Å². The van der Waals surface area contributed by atoms with E-state index in [1.54, 1.807) is 17.1 Å². The second-order valence-electron chi connectivity index (χ2n) is 8.16. The first kappa shape index (κ1) is 26.1. The summed E-state index contributed by atoms with van der Waals surface area (Å²) in [6.07, 6.45) is 1.73. The molecule has 0 saturated heterocycles. The van der Waals surface area contributed by atoms with Gasteiger partial charge >= 0.3 is 5.97 Å². The maximum absolute atomic E-state index is 11.0. The Morgan fingerprint density at radius 3 is 2.19 bits per heavy atom. The van der Waals surface area contributed by atoms with Crippen LogP contribution in [0.25, 0.3) is 0 Å². The van der Waals surface area contributed by atoms with Crippen molar-refractivity contribution < 1.29 is 19.4 Å². The van der Waals surface area contributed by atoms with Gasteiger partial charge in [0.1, 0.15) is 11.5 Å². The normalized spacial score (nSPS) is 10.2. The molecule has 0 unspecified atom stereocenters. The third-order valence-electron chi connectivity index (χ3n) is 5.21. The van der Waals surface area contributed by atoms with Gasteiger partial charge in [0.25, 0.3) is 0 Å². The van der Waals surface area contributed by atoms with Gasteiger partial charge in [0.15, 0.2) is 0 Å². The molecule has 0 aliphatic heterocycles. The van der Waals surface area contributed by atoms with Crippen LogP contribution in [0.2, 0.25) is 0 Å². The predicted octanol–water partition coefficient (Wildman–Crippen LogP) is 4.86. The minimum absolute atomic E-state index is 0.105. The number of carbonyl (C=O) groups is 1. The molecule has 36 heavy (non-hydrogen) atoms. The Bertz CT molecular complexity index is 1130. The van der Waals surface area contributed by atoms with Crippen molar-refractivity contribution in [1.29, 1.82) is 0 Å². The maximum Gasteiger partial charge on any atom is 0.330 e. The zero-order chi connectivity index (χ0) is 25.9. The molecule has 4 N–H and O–H groups in total. The summed E-state index contributed by atoms with van der Waals surface area (Å²) in [6, 6.07) is 20.8. The Morgan fingerprint density at radius 2 is 1.56 bits per heavy atom. The van der Waals surface area contributed by atoms with Gasteiger partial charge in [-0.1, -0.05) is 6.58 Å². The first-order chi connectivity index (χ1) is 17.4. The number of hydrazine groups is 2. The van der Waals surface area contributed by atoms with Crippen molar-refractivity contribution in [1.82, 2.24) is 0 Å². The summed E-state index contributed by atoms with van der Waals surface area (Å²) in [4.78, 5) is 13.0. The van der Waals surface area contributed by atoms with Crippen LogP contribution >= 0.6 is 0 Å². The summed E-state index contributed by atoms with van der Waals surface area (Å²) in [6.45, 7) is 4.07. The van der Waals surface area contributed by atoms with Crippen molar-refractivity contribution in [2.45, 2.75) is 6.42 Å². The number of benzene rings is 3. The fourth-order valence-electron chi connectivity index (χ4n) is 3.18. The Labute approximate surface area is 211 Å². The topological polar surface area (TPSA) is 98.3 Å². The van der Waals surface area contributed by atoms with Crippen molar-refractivity contribution in [2.75, 3.05) is 60.5 Å². The molecule has 0 saturated carbocycles. The Kier molecular flexibility index (Phi) is 9.27. The second-order valence-corrected chi connectivity index (χ2v) is 8.16. The summed E-state index contributed by atoms with van der Waals surface area (Å²) < 4.78 is 10.6. The summed E-state index contributed by atoms with van der Waals surface area (Å²) >= 11 is 0. The van der Waals surface area contributed by atoms with Gasteiger partial charge in [-0.15, -0.1) is 0 Å². The van der Waals surface area contributed by atoms with Crippen molar-refractivity contribution in [3.63, 3.8) is 0 Å². The highest BCUT2D eigenvalue weighted by molar-refractivity contribution is 5.81. The molecule has 0 aliphatic rings. The minimum atomic E-state index is -0.436. The molecular weight excluding hydrogens is 458 g/mol. The van der Waals surface area contributed by atoms with Gasteiger partial charge in [-0.3, -0.25) is 10.4 Å². The first-order valence-electron chi connectivity index (χ1n) is 11.5. The van der Waals surface area contributed by atoms with Gasteiger partial charge in [0.2, 0.25) is 0 Å². The molecule has 0 spiro atoms. The average molecular weight is 492 g/mol. The second kappa shape index (κ2) is 12.8. The van der Waals surface area contributed by atoms with E-state index < -0.39 is 5.97 Å². The van der Waals surface area contributed by atoms with Crippen LogP contribution in [0.5, 0.6) is 11.5 Å². The van der Waals surface area contributed by atoms with Crippen LogP contribution < -0.4 is 30.9 Å². The van der Waals surface area contributed by atoms with E-state index in [1.165, 1.54) is 0 Å². The number of carbonyl (C=O) groups excluding carboxylic acids is 1. The molecule has 0 fully saturated rings. The minimum Gasteiger partial charge on any atom is -0.506 e. The molecule has 190 valence electrons. The molecule has 9 nitrogen and oxygen atoms in total. The number of aromatic hydroxyl groups is 1. The number of nitrogens with one attached hydrogen (secondary N) is 3. The van der Waals surface area contributed by atoms with Crippen LogP contribution in [-0.4, -0.2) is 45.4 Å². The quantitative estimate of drug-likeness (QED) is 0.0878. The number of phenols is 1. The molecule has 0 amide bonds. The number of phenolic OH excluding ortho intramolecular Hbond substituents is 1. The van der Waals surface area contributed by atoms with E-state index in [-0.39, 0.29) is 12.4 Å². The number of hydrogen-bond donors (Lipinski definition) is 4. The highest BCUT2D eigenvalue weighted by Gasteiger charge is 2.07. The van der Waals surface area contributed by atoms with Crippen LogP contribution in [0.1, 0.15) is 6.42 Å². The van der Waals surface area contributed by atoms with Gasteiger partial charge in [-0.25, -0.2) is 4.79 Å². The molecule has 3 aromatic carbocycles. The van der Waals surface area contributed by atoms with Crippen LogP contribution in [0.3, 0.4) is 0 Å². The molecule has 0 bridgehead atoms. The third kappa shape index (κ3) is 7.76. The van der Waals surface area contributed by atoms with Gasteiger partial charge in [0, 0.05) is 45.4 Å². The number of nitrogens with zero attached hydrogens (tertiary/aromatic N) is 2. The van der Waals surface area contributed by atoms with Crippen LogP contribution in [0.4, 0.5) is 28.4 Å². The molecule has 0 atom stereocenters. The fraction of sp³-hybridized carbons (Fsp3) is 0.222. The van der Waals surface area contributed by atoms with Crippen LogP contribution in [0, 0.1) is 0 Å². The first-order valence-corrected chi connectivity index (χ1v) is 11.5. The summed E-state index contributed by atoms with van der Waals surface area (Å²) in [5.41, 5.74) is 13.6. The lowest BCUT2D eigenvalue weighted by Gasteiger charge is -2.23. The van der Waals surface area contributed by atoms with Gasteiger partial charge < -0.3 is 30.3 Å². The number of ether oxygens (including phenoxy) is 2. The highest BCUT2D eigenvalue weighted by atomic mass is 16.5. The highest BCUT2D eigenvalue weighted by Crippen LogP contribution is 2.29. The van der Waals surface area contributed by atoms with Gasteiger partial charge in [-0.2, -0.15) is 0 Å². The van der Waals surface area contributed by atoms with Crippen molar-refractivity contribution in [3.8, 4) is 11.5 Å². The maximum atomic E-state index is 11.0. The SMILES string of the molecule is C=CC(=O)OCCCOc1ccc(N(C)Nc2ccc(NNc3ccc(N(C)C)cc3)cc2O)cc1. The fourth-order valence-corrected chi connectivity index (χ4v) is 3.18. The molecule has 0 heterocycles. The Hall–Kier alpha value is -4.53. The predicted molar refractivity (Wildman–Crippen MR) is 146 cm³/mol. The lowest BCUT2D eigenvalue weighted by Crippen LogP contribution is -2.24. The number of hydrogen-bond acceptors (Lipinski definition) is 9. The monoisotopic (exact) mass is 491 g/mol. The Morgan fingerprint density at radius 1 is 0.917 bits per heavy atom. The smallest absolute Gasteiger partial charge is 0.330 e. The van der Waals surface area contributed by atoms with E-state index in [0.717, 1.165) is 28.8 Å². The largest absolute Gasteiger partial charge is 0.506 e. The summed E-state index contributed by atoms with van der Waals surface area (Å²) in [5, 5.41) is 12.3. The van der Waals surface area contributed by atoms with Crippen LogP contribution in [0.15, 0.2) is 79.4 Å². The zero-order valence-electron chi connectivity index (χ0n) is 20.8. The number of rotatable bonds is 13. The van der Waals surface area contributed by atoms with E-state index >= 15 is 0 Å². The zero-order valence-corrected chi connectivity index (χ0v) is 20.8. The Balaban J connectivity index is 1.47. The van der Waals surface area contributed by atoms with Crippen molar-refractivity contribution in [3.05, 3.63) is 79.4 Å². The molecule has 3 aromatic rings. The van der Waals surface area contributed by atoms with E-state index in [9.17, 15) is 9.90 Å². The van der Waals surface area contributed by atoms with Crippen molar-refractivity contribution >= 4 is 34.4 Å².